The molecule has 26 heavy (non-hydrogen) atoms. The minimum Gasteiger partial charge on any atom is -1.00 e. The fraction of sp³-hybridized carbons (Fsp3) is 0.955. The molecule has 0 bridgehead atoms. The SMILES string of the molecule is CCCC[N+](CC)(CC)CCOC(=O)C(C1CCCC1)C1CCCC1.[Br-]. The van der Waals surface area contributed by atoms with E-state index in [1.807, 2.05) is 0 Å². The van der Waals surface area contributed by atoms with E-state index < -0.39 is 0 Å². The van der Waals surface area contributed by atoms with E-state index in [0.717, 1.165) is 24.1 Å². The molecule has 0 aromatic heterocycles. The number of halogens is 1. The van der Waals surface area contributed by atoms with Gasteiger partial charge in [0.1, 0.15) is 13.2 Å². The first-order valence-corrected chi connectivity index (χ1v) is 11.2. The molecular formula is C22H42BrNO2. The van der Waals surface area contributed by atoms with Gasteiger partial charge >= 0.3 is 5.97 Å². The molecule has 2 saturated carbocycles. The summed E-state index contributed by atoms with van der Waals surface area (Å²) in [4.78, 5) is 13.0. The molecule has 0 spiro atoms. The number of quaternary nitrogens is 1. The molecule has 0 N–H and O–H groups in total. The molecule has 2 fully saturated rings. The molecule has 2 aliphatic carbocycles. The second kappa shape index (κ2) is 12.4. The van der Waals surface area contributed by atoms with Crippen molar-refractivity contribution in [2.45, 2.75) is 85.0 Å². The maximum atomic E-state index is 13.0. The zero-order valence-corrected chi connectivity index (χ0v) is 19.1. The van der Waals surface area contributed by atoms with E-state index in [0.29, 0.717) is 18.4 Å². The van der Waals surface area contributed by atoms with Crippen molar-refractivity contribution in [1.29, 1.82) is 0 Å². The summed E-state index contributed by atoms with van der Waals surface area (Å²) in [6.45, 7) is 11.9. The van der Waals surface area contributed by atoms with Gasteiger partial charge in [-0.1, -0.05) is 39.0 Å². The van der Waals surface area contributed by atoms with Crippen LogP contribution in [0.15, 0.2) is 0 Å². The summed E-state index contributed by atoms with van der Waals surface area (Å²) in [6, 6.07) is 0. The first-order valence-electron chi connectivity index (χ1n) is 11.2. The second-order valence-corrected chi connectivity index (χ2v) is 8.56. The summed E-state index contributed by atoms with van der Waals surface area (Å²) in [7, 11) is 0. The summed E-state index contributed by atoms with van der Waals surface area (Å²) in [6.07, 6.45) is 12.7. The molecule has 0 aromatic rings. The van der Waals surface area contributed by atoms with Gasteiger partial charge < -0.3 is 26.2 Å². The van der Waals surface area contributed by atoms with E-state index in [4.69, 9.17) is 4.74 Å². The highest BCUT2D eigenvalue weighted by Crippen LogP contribution is 2.42. The lowest BCUT2D eigenvalue weighted by Crippen LogP contribution is -3.00. The minimum absolute atomic E-state index is 0. The van der Waals surface area contributed by atoms with Crippen molar-refractivity contribution in [3.05, 3.63) is 0 Å². The van der Waals surface area contributed by atoms with Crippen LogP contribution in [0, 0.1) is 17.8 Å². The molecule has 0 heterocycles. The molecule has 154 valence electrons. The lowest BCUT2D eigenvalue weighted by molar-refractivity contribution is -0.925. The van der Waals surface area contributed by atoms with E-state index in [2.05, 4.69) is 20.8 Å². The molecule has 0 unspecified atom stereocenters. The third-order valence-electron chi connectivity index (χ3n) is 7.23. The minimum atomic E-state index is 0. The summed E-state index contributed by atoms with van der Waals surface area (Å²) in [5.41, 5.74) is 0. The van der Waals surface area contributed by atoms with Crippen molar-refractivity contribution in [2.24, 2.45) is 17.8 Å². The molecule has 0 aliphatic heterocycles. The van der Waals surface area contributed by atoms with Gasteiger partial charge in [-0.25, -0.2) is 0 Å². The number of ether oxygens (including phenoxy) is 1. The number of esters is 1. The number of likely N-dealkylation sites (N-methyl/N-ethyl adjacent to an activating group) is 1. The third kappa shape index (κ3) is 6.51. The van der Waals surface area contributed by atoms with Crippen LogP contribution in [0.3, 0.4) is 0 Å². The van der Waals surface area contributed by atoms with Crippen molar-refractivity contribution in [2.75, 3.05) is 32.8 Å². The van der Waals surface area contributed by atoms with Crippen molar-refractivity contribution >= 4 is 5.97 Å². The number of rotatable bonds is 11. The number of unbranched alkanes of at least 4 members (excludes halogenated alkanes) is 1. The highest BCUT2D eigenvalue weighted by Gasteiger charge is 2.39. The van der Waals surface area contributed by atoms with Gasteiger partial charge in [0.2, 0.25) is 0 Å². The van der Waals surface area contributed by atoms with Crippen LogP contribution in [-0.2, 0) is 9.53 Å². The average molecular weight is 432 g/mol. The Morgan fingerprint density at radius 1 is 0.923 bits per heavy atom. The molecule has 0 aromatic carbocycles. The Balaban J connectivity index is 0.00000338. The molecule has 0 radical (unpaired) electrons. The molecule has 3 nitrogen and oxygen atoms in total. The maximum Gasteiger partial charge on any atom is 0.309 e. The van der Waals surface area contributed by atoms with Gasteiger partial charge in [-0.2, -0.15) is 0 Å². The fourth-order valence-corrected chi connectivity index (χ4v) is 5.30. The van der Waals surface area contributed by atoms with E-state index in [1.54, 1.807) is 0 Å². The standard InChI is InChI=1S/C22H42NO2.BrH/c1-4-7-16-23(5-2,6-3)17-18-25-22(24)21(19-12-8-9-13-19)20-14-10-11-15-20;/h19-21H,4-18H2,1-3H3;1H/q+1;/p-1. The van der Waals surface area contributed by atoms with Gasteiger partial charge in [0.25, 0.3) is 0 Å². The maximum absolute atomic E-state index is 13.0. The quantitative estimate of drug-likeness (QED) is 0.370. The predicted octanol–water partition coefficient (Wildman–Crippen LogP) is 2.19. The van der Waals surface area contributed by atoms with Crippen LogP contribution in [0.5, 0.6) is 0 Å². The summed E-state index contributed by atoms with van der Waals surface area (Å²) >= 11 is 0. The lowest BCUT2D eigenvalue weighted by Gasteiger charge is -2.37. The third-order valence-corrected chi connectivity index (χ3v) is 7.23. The van der Waals surface area contributed by atoms with E-state index in [1.165, 1.54) is 70.8 Å². The van der Waals surface area contributed by atoms with Gasteiger partial charge in [0.05, 0.1) is 25.6 Å². The highest BCUT2D eigenvalue weighted by molar-refractivity contribution is 5.73. The van der Waals surface area contributed by atoms with E-state index in [-0.39, 0.29) is 28.9 Å². The van der Waals surface area contributed by atoms with Crippen LogP contribution in [0.4, 0.5) is 0 Å². The van der Waals surface area contributed by atoms with Crippen LogP contribution in [0.25, 0.3) is 0 Å². The molecule has 0 saturated heterocycles. The molecule has 2 rings (SSSR count). The Labute approximate surface area is 172 Å². The number of hydrogen-bond donors (Lipinski definition) is 0. The Morgan fingerprint density at radius 3 is 1.85 bits per heavy atom. The molecule has 0 amide bonds. The highest BCUT2D eigenvalue weighted by atomic mass is 79.9. The number of hydrogen-bond acceptors (Lipinski definition) is 2. The van der Waals surface area contributed by atoms with Crippen LogP contribution >= 0.6 is 0 Å². The van der Waals surface area contributed by atoms with Crippen molar-refractivity contribution in [1.82, 2.24) is 0 Å². The van der Waals surface area contributed by atoms with Crippen molar-refractivity contribution in [3.63, 3.8) is 0 Å². The molecular weight excluding hydrogens is 390 g/mol. The average Bonchev–Trinajstić information content (AvgIpc) is 3.33. The van der Waals surface area contributed by atoms with Crippen LogP contribution in [0.1, 0.15) is 85.0 Å². The van der Waals surface area contributed by atoms with Gasteiger partial charge in [-0.3, -0.25) is 4.79 Å². The topological polar surface area (TPSA) is 26.3 Å². The normalized spacial score (nSPS) is 19.1. The number of carbonyl (C=O) groups excluding carboxylic acids is 1. The van der Waals surface area contributed by atoms with Crippen LogP contribution in [0.2, 0.25) is 0 Å². The predicted molar refractivity (Wildman–Crippen MR) is 104 cm³/mol. The van der Waals surface area contributed by atoms with Crippen molar-refractivity contribution < 1.29 is 31.0 Å². The first kappa shape index (κ1) is 23.9. The Hall–Kier alpha value is -0.0900. The summed E-state index contributed by atoms with van der Waals surface area (Å²) < 4.78 is 7.01. The lowest BCUT2D eigenvalue weighted by atomic mass is 9.79. The summed E-state index contributed by atoms with van der Waals surface area (Å²) in [5.74, 6) is 1.55. The second-order valence-electron chi connectivity index (χ2n) is 8.56. The molecule has 4 heteroatoms. The summed E-state index contributed by atoms with van der Waals surface area (Å²) in [5, 5.41) is 0. The Bertz CT molecular complexity index is 370. The van der Waals surface area contributed by atoms with Gasteiger partial charge in [0, 0.05) is 0 Å². The van der Waals surface area contributed by atoms with Gasteiger partial charge in [0.15, 0.2) is 0 Å². The smallest absolute Gasteiger partial charge is 0.309 e. The van der Waals surface area contributed by atoms with Crippen molar-refractivity contribution in [3.8, 4) is 0 Å². The zero-order chi connectivity index (χ0) is 18.1. The Kier molecular flexibility index (Phi) is 11.4. The number of carbonyl (C=O) groups is 1. The monoisotopic (exact) mass is 431 g/mol. The van der Waals surface area contributed by atoms with Crippen LogP contribution in [-0.4, -0.2) is 43.2 Å². The van der Waals surface area contributed by atoms with Gasteiger partial charge in [-0.05, 0) is 57.8 Å². The molecule has 2 aliphatic rings. The zero-order valence-electron chi connectivity index (χ0n) is 17.5. The molecule has 0 atom stereocenters. The largest absolute Gasteiger partial charge is 1.00 e. The Morgan fingerprint density at radius 2 is 1.42 bits per heavy atom. The number of nitrogens with zero attached hydrogens (tertiary/aromatic N) is 1. The fourth-order valence-electron chi connectivity index (χ4n) is 5.30. The van der Waals surface area contributed by atoms with Crippen LogP contribution < -0.4 is 17.0 Å². The van der Waals surface area contributed by atoms with E-state index >= 15 is 0 Å². The first-order chi connectivity index (χ1) is 12.2. The van der Waals surface area contributed by atoms with E-state index in [9.17, 15) is 4.79 Å². The van der Waals surface area contributed by atoms with Gasteiger partial charge in [-0.15, -0.1) is 0 Å².